The van der Waals surface area contributed by atoms with Gasteiger partial charge in [-0.15, -0.1) is 0 Å². The number of nitrogens with zero attached hydrogens (tertiary/aromatic N) is 1. The van der Waals surface area contributed by atoms with Crippen molar-refractivity contribution >= 4 is 21.7 Å². The van der Waals surface area contributed by atoms with Crippen molar-refractivity contribution in [2.24, 2.45) is 11.1 Å². The van der Waals surface area contributed by atoms with Crippen molar-refractivity contribution in [3.8, 4) is 0 Å². The second-order valence-corrected chi connectivity index (χ2v) is 6.78. The van der Waals surface area contributed by atoms with Gasteiger partial charge in [0, 0.05) is 13.1 Å². The average Bonchev–Trinajstić information content (AvgIpc) is 2.37. The van der Waals surface area contributed by atoms with Gasteiger partial charge in [-0.2, -0.15) is 0 Å². The molecule has 6 nitrogen and oxygen atoms in total. The van der Waals surface area contributed by atoms with Crippen molar-refractivity contribution in [3.05, 3.63) is 23.8 Å². The Morgan fingerprint density at radius 1 is 1.45 bits per heavy atom. The number of hydrogen-bond donors (Lipinski definition) is 2. The molecule has 2 rings (SSSR count). The van der Waals surface area contributed by atoms with Gasteiger partial charge in [0.05, 0.1) is 16.1 Å². The summed E-state index contributed by atoms with van der Waals surface area (Å²) in [6.45, 7) is 3.67. The van der Waals surface area contributed by atoms with Crippen molar-refractivity contribution in [1.82, 2.24) is 0 Å². The topological polar surface area (TPSA) is 101 Å². The second kappa shape index (κ2) is 5.41. The van der Waals surface area contributed by atoms with E-state index in [1.54, 1.807) is 0 Å². The first-order valence-corrected chi connectivity index (χ1v) is 7.99. The number of carboxylic acids is 1. The van der Waals surface area contributed by atoms with E-state index < -0.39 is 16.0 Å². The summed E-state index contributed by atoms with van der Waals surface area (Å²) >= 11 is 0. The van der Waals surface area contributed by atoms with E-state index >= 15 is 0 Å². The van der Waals surface area contributed by atoms with Gasteiger partial charge in [0.15, 0.2) is 0 Å². The smallest absolute Gasteiger partial charge is 0.337 e. The molecule has 0 spiro atoms. The largest absolute Gasteiger partial charge is 0.478 e. The van der Waals surface area contributed by atoms with Crippen molar-refractivity contribution in [2.75, 3.05) is 18.0 Å². The summed E-state index contributed by atoms with van der Waals surface area (Å²) < 4.78 is 22.6. The predicted octanol–water partition coefficient (Wildman–Crippen LogP) is 1.27. The van der Waals surface area contributed by atoms with Crippen LogP contribution in [0.1, 0.15) is 30.1 Å². The van der Waals surface area contributed by atoms with Gasteiger partial charge in [0.25, 0.3) is 0 Å². The van der Waals surface area contributed by atoms with Crippen LogP contribution in [0.15, 0.2) is 23.1 Å². The maximum absolute atomic E-state index is 11.4. The minimum atomic E-state index is -3.90. The van der Waals surface area contributed by atoms with E-state index in [1.165, 1.54) is 12.1 Å². The zero-order valence-electron chi connectivity index (χ0n) is 11.2. The van der Waals surface area contributed by atoms with E-state index in [4.69, 9.17) is 5.14 Å². The predicted molar refractivity (Wildman–Crippen MR) is 75.4 cm³/mol. The summed E-state index contributed by atoms with van der Waals surface area (Å²) in [6, 6.07) is 4.02. The molecule has 3 N–H and O–H groups in total. The van der Waals surface area contributed by atoms with Crippen LogP contribution in [-0.4, -0.2) is 32.6 Å². The first-order chi connectivity index (χ1) is 9.29. The normalized spacial score (nSPS) is 19.9. The first kappa shape index (κ1) is 14.8. The van der Waals surface area contributed by atoms with Gasteiger partial charge in [0.2, 0.25) is 10.0 Å². The molecule has 1 fully saturated rings. The number of nitrogens with two attached hydrogens (primary N) is 1. The molecule has 1 saturated heterocycles. The maximum Gasteiger partial charge on any atom is 0.337 e. The second-order valence-electron chi connectivity index (χ2n) is 5.22. The Kier molecular flexibility index (Phi) is 4.01. The van der Waals surface area contributed by atoms with Crippen molar-refractivity contribution in [3.63, 3.8) is 0 Å². The summed E-state index contributed by atoms with van der Waals surface area (Å²) in [5.74, 6) is -0.660. The minimum absolute atomic E-state index is 0.0226. The Morgan fingerprint density at radius 2 is 2.15 bits per heavy atom. The molecule has 1 aliphatic rings. The molecule has 0 aromatic heterocycles. The van der Waals surface area contributed by atoms with Crippen LogP contribution < -0.4 is 10.0 Å². The van der Waals surface area contributed by atoms with E-state index in [0.29, 0.717) is 11.6 Å². The molecule has 1 aromatic carbocycles. The van der Waals surface area contributed by atoms with Crippen LogP contribution in [0.3, 0.4) is 0 Å². The summed E-state index contributed by atoms with van der Waals surface area (Å²) in [7, 11) is -3.90. The molecule has 0 bridgehead atoms. The highest BCUT2D eigenvalue weighted by molar-refractivity contribution is 7.89. The lowest BCUT2D eigenvalue weighted by Crippen LogP contribution is -2.35. The van der Waals surface area contributed by atoms with E-state index in [9.17, 15) is 18.3 Å². The lowest BCUT2D eigenvalue weighted by atomic mass is 9.99. The number of hydrogen-bond acceptors (Lipinski definition) is 4. The monoisotopic (exact) mass is 298 g/mol. The van der Waals surface area contributed by atoms with Gasteiger partial charge >= 0.3 is 5.97 Å². The van der Waals surface area contributed by atoms with Crippen molar-refractivity contribution in [1.29, 1.82) is 0 Å². The van der Waals surface area contributed by atoms with Gasteiger partial charge in [-0.3, -0.25) is 0 Å². The SMILES string of the molecule is CC1CCCN(c2ccc(S(N)(=O)=O)cc2C(=O)O)C1. The van der Waals surface area contributed by atoms with Gasteiger partial charge in [-0.25, -0.2) is 18.4 Å². The fourth-order valence-corrected chi connectivity index (χ4v) is 3.09. The summed E-state index contributed by atoms with van der Waals surface area (Å²) in [4.78, 5) is 13.2. The van der Waals surface area contributed by atoms with Crippen LogP contribution in [0.2, 0.25) is 0 Å². The summed E-state index contributed by atoms with van der Waals surface area (Å²) in [5, 5.41) is 14.3. The molecule has 1 aliphatic heterocycles. The Bertz CT molecular complexity index is 627. The van der Waals surface area contributed by atoms with Crippen LogP contribution in [0.5, 0.6) is 0 Å². The Labute approximate surface area is 118 Å². The van der Waals surface area contributed by atoms with Gasteiger partial charge in [-0.05, 0) is 37.0 Å². The molecule has 20 heavy (non-hydrogen) atoms. The highest BCUT2D eigenvalue weighted by atomic mass is 32.2. The number of carbonyl (C=O) groups is 1. The number of carboxylic acid groups (broad SMARTS) is 1. The molecular weight excluding hydrogens is 280 g/mol. The molecule has 0 radical (unpaired) electrons. The average molecular weight is 298 g/mol. The van der Waals surface area contributed by atoms with Gasteiger partial charge in [-0.1, -0.05) is 6.92 Å². The minimum Gasteiger partial charge on any atom is -0.478 e. The van der Waals surface area contributed by atoms with Crippen molar-refractivity contribution in [2.45, 2.75) is 24.7 Å². The number of primary sulfonamides is 1. The lowest BCUT2D eigenvalue weighted by molar-refractivity contribution is 0.0697. The summed E-state index contributed by atoms with van der Waals surface area (Å²) in [5.41, 5.74) is 0.530. The number of aromatic carboxylic acids is 1. The molecule has 7 heteroatoms. The third-order valence-corrected chi connectivity index (χ3v) is 4.44. The Hall–Kier alpha value is -1.60. The number of piperidine rings is 1. The Balaban J connectivity index is 2.45. The molecule has 1 heterocycles. The zero-order chi connectivity index (χ0) is 14.9. The third kappa shape index (κ3) is 3.10. The van der Waals surface area contributed by atoms with Crippen LogP contribution in [-0.2, 0) is 10.0 Å². The molecule has 0 amide bonds. The maximum atomic E-state index is 11.4. The number of rotatable bonds is 3. The van der Waals surface area contributed by atoms with Gasteiger partial charge < -0.3 is 10.0 Å². The van der Waals surface area contributed by atoms with E-state index in [1.807, 2.05) is 4.90 Å². The first-order valence-electron chi connectivity index (χ1n) is 6.44. The van der Waals surface area contributed by atoms with E-state index in [0.717, 1.165) is 32.0 Å². The molecule has 1 aromatic rings. The zero-order valence-corrected chi connectivity index (χ0v) is 12.1. The molecule has 1 atom stereocenters. The molecular formula is C13H18N2O4S. The summed E-state index contributed by atoms with van der Waals surface area (Å²) in [6.07, 6.45) is 2.12. The van der Waals surface area contributed by atoms with Crippen LogP contribution >= 0.6 is 0 Å². The molecule has 0 aliphatic carbocycles. The third-order valence-electron chi connectivity index (χ3n) is 3.52. The van der Waals surface area contributed by atoms with E-state index in [-0.39, 0.29) is 10.5 Å². The van der Waals surface area contributed by atoms with Gasteiger partial charge in [0.1, 0.15) is 0 Å². The highest BCUT2D eigenvalue weighted by Crippen LogP contribution is 2.28. The molecule has 0 saturated carbocycles. The van der Waals surface area contributed by atoms with Crippen molar-refractivity contribution < 1.29 is 18.3 Å². The fourth-order valence-electron chi connectivity index (χ4n) is 2.55. The quantitative estimate of drug-likeness (QED) is 0.875. The van der Waals surface area contributed by atoms with E-state index in [2.05, 4.69) is 6.92 Å². The van der Waals surface area contributed by atoms with Crippen LogP contribution in [0, 0.1) is 5.92 Å². The highest BCUT2D eigenvalue weighted by Gasteiger charge is 2.23. The molecule has 110 valence electrons. The fraction of sp³-hybridized carbons (Fsp3) is 0.462. The Morgan fingerprint density at radius 3 is 2.70 bits per heavy atom. The lowest BCUT2D eigenvalue weighted by Gasteiger charge is -2.33. The van der Waals surface area contributed by atoms with Crippen LogP contribution in [0.4, 0.5) is 5.69 Å². The number of anilines is 1. The number of sulfonamides is 1. The number of benzene rings is 1. The standard InChI is InChI=1S/C13H18N2O4S/c1-9-3-2-6-15(8-9)12-5-4-10(20(14,18)19)7-11(12)13(16)17/h4-5,7,9H,2-3,6,8H2,1H3,(H,16,17)(H2,14,18,19). The molecule has 1 unspecified atom stereocenters. The van der Waals surface area contributed by atoms with Crippen LogP contribution in [0.25, 0.3) is 0 Å².